The largest absolute Gasteiger partial charge is 0.493 e. The first-order valence-corrected chi connectivity index (χ1v) is 8.88. The number of para-hydroxylation sites is 1. The summed E-state index contributed by atoms with van der Waals surface area (Å²) in [4.78, 5) is 19.4. The number of carbonyl (C=O) groups excluding carboxylic acids is 1. The Morgan fingerprint density at radius 2 is 2.04 bits per heavy atom. The number of benzene rings is 1. The van der Waals surface area contributed by atoms with Crippen LogP contribution in [0.4, 0.5) is 0 Å². The molecule has 8 heteroatoms. The Morgan fingerprint density at radius 1 is 1.21 bits per heavy atom. The number of methoxy groups -OCH3 is 1. The molecule has 0 radical (unpaired) electrons. The van der Waals surface area contributed by atoms with E-state index in [0.717, 1.165) is 17.8 Å². The van der Waals surface area contributed by atoms with Crippen molar-refractivity contribution in [1.29, 1.82) is 0 Å². The van der Waals surface area contributed by atoms with Crippen LogP contribution >= 0.6 is 12.4 Å². The highest BCUT2D eigenvalue weighted by Gasteiger charge is 2.32. The van der Waals surface area contributed by atoms with E-state index >= 15 is 0 Å². The average Bonchev–Trinajstić information content (AvgIpc) is 3.19. The Bertz CT molecular complexity index is 917. The van der Waals surface area contributed by atoms with Crippen LogP contribution in [0, 0.1) is 0 Å². The second kappa shape index (κ2) is 8.86. The molecule has 7 nitrogen and oxygen atoms in total. The van der Waals surface area contributed by atoms with Crippen molar-refractivity contribution in [2.24, 2.45) is 0 Å². The smallest absolute Gasteiger partial charge is 0.278 e. The fourth-order valence-electron chi connectivity index (χ4n) is 3.32. The Kier molecular flexibility index (Phi) is 6.28. The highest BCUT2D eigenvalue weighted by Crippen LogP contribution is 2.27. The molecule has 28 heavy (non-hydrogen) atoms. The molecule has 1 aliphatic heterocycles. The standard InChI is InChI=1S/C20H21N5O2.ClH/c1-27-18-14-25(16-7-3-2-4-8-16)23-19(18)20(26)24-11-10-22-13-17(24)15-6-5-9-21-12-15;/h2-9,12,14,17,22H,10-11,13H2,1H3;1H. The van der Waals surface area contributed by atoms with Crippen LogP contribution in [0.2, 0.25) is 0 Å². The minimum absolute atomic E-state index is 0. The summed E-state index contributed by atoms with van der Waals surface area (Å²) in [5.41, 5.74) is 2.19. The lowest BCUT2D eigenvalue weighted by atomic mass is 10.0. The zero-order valence-corrected chi connectivity index (χ0v) is 16.3. The molecule has 1 amide bonds. The second-order valence-electron chi connectivity index (χ2n) is 6.33. The number of carbonyl (C=O) groups is 1. The Labute approximate surface area is 169 Å². The third-order valence-electron chi connectivity index (χ3n) is 4.70. The number of hydrogen-bond acceptors (Lipinski definition) is 5. The Morgan fingerprint density at radius 3 is 2.75 bits per heavy atom. The molecule has 0 spiro atoms. The van der Waals surface area contributed by atoms with E-state index < -0.39 is 0 Å². The van der Waals surface area contributed by atoms with Crippen molar-refractivity contribution in [3.8, 4) is 11.4 Å². The fraction of sp³-hybridized carbons (Fsp3) is 0.250. The summed E-state index contributed by atoms with van der Waals surface area (Å²) in [5, 5.41) is 7.87. The molecule has 1 saturated heterocycles. The van der Waals surface area contributed by atoms with Gasteiger partial charge in [0.25, 0.3) is 5.91 Å². The minimum atomic E-state index is -0.142. The van der Waals surface area contributed by atoms with Crippen molar-refractivity contribution in [3.05, 3.63) is 72.3 Å². The van der Waals surface area contributed by atoms with Crippen molar-refractivity contribution < 1.29 is 9.53 Å². The lowest BCUT2D eigenvalue weighted by Gasteiger charge is -2.36. The maximum atomic E-state index is 13.3. The lowest BCUT2D eigenvalue weighted by molar-refractivity contribution is 0.0624. The molecule has 0 bridgehead atoms. The van der Waals surface area contributed by atoms with Crippen LogP contribution in [0.15, 0.2) is 61.1 Å². The maximum Gasteiger partial charge on any atom is 0.278 e. The first-order chi connectivity index (χ1) is 13.3. The normalized spacial score (nSPS) is 16.3. The van der Waals surface area contributed by atoms with E-state index in [0.29, 0.717) is 24.5 Å². The van der Waals surface area contributed by atoms with Gasteiger partial charge in [-0.2, -0.15) is 5.10 Å². The molecule has 4 rings (SSSR count). The van der Waals surface area contributed by atoms with Gasteiger partial charge in [-0.05, 0) is 23.8 Å². The van der Waals surface area contributed by atoms with Crippen molar-refractivity contribution >= 4 is 18.3 Å². The molecular weight excluding hydrogens is 378 g/mol. The summed E-state index contributed by atoms with van der Waals surface area (Å²) < 4.78 is 7.12. The van der Waals surface area contributed by atoms with Gasteiger partial charge in [0.1, 0.15) is 0 Å². The average molecular weight is 400 g/mol. The summed E-state index contributed by atoms with van der Waals surface area (Å²) in [6, 6.07) is 13.5. The molecule has 1 unspecified atom stereocenters. The van der Waals surface area contributed by atoms with Gasteiger partial charge >= 0.3 is 0 Å². The van der Waals surface area contributed by atoms with E-state index in [9.17, 15) is 4.79 Å². The Hall–Kier alpha value is -2.90. The number of halogens is 1. The summed E-state index contributed by atoms with van der Waals surface area (Å²) in [5.74, 6) is 0.323. The molecule has 1 fully saturated rings. The van der Waals surface area contributed by atoms with Crippen LogP contribution in [0.1, 0.15) is 22.1 Å². The third-order valence-corrected chi connectivity index (χ3v) is 4.70. The van der Waals surface area contributed by atoms with Crippen molar-refractivity contribution in [2.75, 3.05) is 26.7 Å². The topological polar surface area (TPSA) is 72.3 Å². The molecule has 3 aromatic rings. The number of hydrogen-bond donors (Lipinski definition) is 1. The SMILES string of the molecule is COc1cn(-c2ccccc2)nc1C(=O)N1CCNCC1c1cccnc1.Cl. The van der Waals surface area contributed by atoms with Crippen molar-refractivity contribution in [2.45, 2.75) is 6.04 Å². The molecular formula is C20H22ClN5O2. The number of amides is 1. The Balaban J connectivity index is 0.00000225. The molecule has 3 heterocycles. The highest BCUT2D eigenvalue weighted by molar-refractivity contribution is 5.95. The minimum Gasteiger partial charge on any atom is -0.493 e. The summed E-state index contributed by atoms with van der Waals surface area (Å²) in [6.07, 6.45) is 5.28. The molecule has 146 valence electrons. The molecule has 0 aliphatic carbocycles. The number of piperazine rings is 1. The fourth-order valence-corrected chi connectivity index (χ4v) is 3.32. The number of ether oxygens (including phenoxy) is 1. The van der Waals surface area contributed by atoms with E-state index in [1.807, 2.05) is 47.4 Å². The number of nitrogens with one attached hydrogen (secondary N) is 1. The van der Waals surface area contributed by atoms with Crippen LogP contribution in [0.3, 0.4) is 0 Å². The highest BCUT2D eigenvalue weighted by atomic mass is 35.5. The van der Waals surface area contributed by atoms with E-state index in [4.69, 9.17) is 4.74 Å². The third kappa shape index (κ3) is 3.85. The second-order valence-corrected chi connectivity index (χ2v) is 6.33. The van der Waals surface area contributed by atoms with Crippen LogP contribution in [-0.4, -0.2) is 52.3 Å². The molecule has 1 aliphatic rings. The zero-order chi connectivity index (χ0) is 18.6. The van der Waals surface area contributed by atoms with Gasteiger partial charge in [0.2, 0.25) is 0 Å². The molecule has 0 saturated carbocycles. The van der Waals surface area contributed by atoms with Gasteiger partial charge in [0.05, 0.1) is 25.0 Å². The quantitative estimate of drug-likeness (QED) is 0.729. The van der Waals surface area contributed by atoms with Gasteiger partial charge in [0, 0.05) is 32.0 Å². The van der Waals surface area contributed by atoms with E-state index in [-0.39, 0.29) is 24.4 Å². The van der Waals surface area contributed by atoms with E-state index in [1.54, 1.807) is 30.4 Å². The predicted octanol–water partition coefficient (Wildman–Crippen LogP) is 2.48. The monoisotopic (exact) mass is 399 g/mol. The van der Waals surface area contributed by atoms with Crippen LogP contribution in [-0.2, 0) is 0 Å². The van der Waals surface area contributed by atoms with Crippen LogP contribution in [0.25, 0.3) is 5.69 Å². The van der Waals surface area contributed by atoms with Gasteiger partial charge in [-0.15, -0.1) is 12.4 Å². The van der Waals surface area contributed by atoms with E-state index in [1.165, 1.54) is 0 Å². The zero-order valence-electron chi connectivity index (χ0n) is 15.5. The molecule has 2 aromatic heterocycles. The maximum absolute atomic E-state index is 13.3. The number of nitrogens with zero attached hydrogens (tertiary/aromatic N) is 4. The van der Waals surface area contributed by atoms with Gasteiger partial charge < -0.3 is 15.0 Å². The molecule has 1 N–H and O–H groups in total. The summed E-state index contributed by atoms with van der Waals surface area (Å²) >= 11 is 0. The van der Waals surface area contributed by atoms with Gasteiger partial charge in [-0.1, -0.05) is 24.3 Å². The van der Waals surface area contributed by atoms with Crippen molar-refractivity contribution in [3.63, 3.8) is 0 Å². The van der Waals surface area contributed by atoms with Gasteiger partial charge in [0.15, 0.2) is 11.4 Å². The van der Waals surface area contributed by atoms with Crippen LogP contribution in [0.5, 0.6) is 5.75 Å². The molecule has 1 aromatic carbocycles. The lowest BCUT2D eigenvalue weighted by Crippen LogP contribution is -2.48. The summed E-state index contributed by atoms with van der Waals surface area (Å²) in [6.45, 7) is 2.02. The first-order valence-electron chi connectivity index (χ1n) is 8.88. The number of aromatic nitrogens is 3. The predicted molar refractivity (Wildman–Crippen MR) is 108 cm³/mol. The van der Waals surface area contributed by atoms with Gasteiger partial charge in [-0.25, -0.2) is 4.68 Å². The van der Waals surface area contributed by atoms with E-state index in [2.05, 4.69) is 15.4 Å². The number of pyridine rings is 1. The molecule has 1 atom stereocenters. The van der Waals surface area contributed by atoms with Gasteiger partial charge in [-0.3, -0.25) is 9.78 Å². The van der Waals surface area contributed by atoms with Crippen molar-refractivity contribution in [1.82, 2.24) is 25.0 Å². The number of rotatable bonds is 4. The van der Waals surface area contributed by atoms with Crippen LogP contribution < -0.4 is 10.1 Å². The summed E-state index contributed by atoms with van der Waals surface area (Å²) in [7, 11) is 1.56. The first kappa shape index (κ1) is 19.9.